The van der Waals surface area contributed by atoms with E-state index in [0.29, 0.717) is 0 Å². The number of anilines is 1. The van der Waals surface area contributed by atoms with Crippen molar-refractivity contribution in [1.82, 2.24) is 9.55 Å². The van der Waals surface area contributed by atoms with Crippen molar-refractivity contribution < 1.29 is 0 Å². The van der Waals surface area contributed by atoms with Gasteiger partial charge in [0.05, 0.1) is 17.4 Å². The molecule has 0 aliphatic heterocycles. The number of hydrogen-bond donors (Lipinski definition) is 1. The van der Waals surface area contributed by atoms with E-state index in [9.17, 15) is 0 Å². The van der Waals surface area contributed by atoms with Gasteiger partial charge in [-0.15, -0.1) is 0 Å². The maximum Gasteiger partial charge on any atom is 0.0955 e. The maximum absolute atomic E-state index is 4.23. The normalized spacial score (nSPS) is 10.5. The third kappa shape index (κ3) is 0.942. The van der Waals surface area contributed by atoms with E-state index in [4.69, 9.17) is 0 Å². The maximum atomic E-state index is 4.23. The van der Waals surface area contributed by atoms with Gasteiger partial charge in [0.15, 0.2) is 0 Å². The van der Waals surface area contributed by atoms with Crippen LogP contribution >= 0.6 is 0 Å². The van der Waals surface area contributed by atoms with Crippen molar-refractivity contribution in [3.63, 3.8) is 0 Å². The highest BCUT2D eigenvalue weighted by Crippen LogP contribution is 2.16. The van der Waals surface area contributed by atoms with Crippen LogP contribution in [0, 0.1) is 0 Å². The average molecular weight is 161 g/mol. The molecule has 0 radical (unpaired) electrons. The molecule has 0 bridgehead atoms. The quantitative estimate of drug-likeness (QED) is 0.688. The summed E-state index contributed by atoms with van der Waals surface area (Å²) in [7, 11) is 3.91. The van der Waals surface area contributed by atoms with Gasteiger partial charge in [0.25, 0.3) is 0 Å². The Morgan fingerprint density at radius 1 is 1.42 bits per heavy atom. The molecule has 0 aliphatic carbocycles. The lowest BCUT2D eigenvalue weighted by molar-refractivity contribution is 0.948. The van der Waals surface area contributed by atoms with E-state index in [1.54, 1.807) is 0 Å². The van der Waals surface area contributed by atoms with Crippen LogP contribution in [0.15, 0.2) is 24.5 Å². The highest BCUT2D eigenvalue weighted by molar-refractivity contribution is 5.79. The van der Waals surface area contributed by atoms with Crippen LogP contribution in [0.5, 0.6) is 0 Å². The Balaban J connectivity index is 2.71. The number of hydrogen-bond acceptors (Lipinski definition) is 2. The third-order valence-electron chi connectivity index (χ3n) is 2.01. The molecule has 0 unspecified atom stereocenters. The van der Waals surface area contributed by atoms with E-state index in [1.165, 1.54) is 0 Å². The molecule has 1 aromatic heterocycles. The number of aryl methyl sites for hydroxylation is 1. The highest BCUT2D eigenvalue weighted by atomic mass is 15.0. The number of rotatable bonds is 1. The fourth-order valence-electron chi connectivity index (χ4n) is 1.28. The highest BCUT2D eigenvalue weighted by Gasteiger charge is 1.98. The second-order valence-electron chi connectivity index (χ2n) is 2.81. The number of aromatic nitrogens is 2. The number of benzene rings is 1. The van der Waals surface area contributed by atoms with E-state index in [1.807, 2.05) is 37.1 Å². The van der Waals surface area contributed by atoms with Crippen LogP contribution in [-0.4, -0.2) is 16.6 Å². The van der Waals surface area contributed by atoms with Crippen molar-refractivity contribution >= 4 is 16.7 Å². The second-order valence-corrected chi connectivity index (χ2v) is 2.81. The monoisotopic (exact) mass is 161 g/mol. The number of nitrogens with zero attached hydrogens (tertiary/aromatic N) is 2. The van der Waals surface area contributed by atoms with E-state index in [2.05, 4.69) is 16.4 Å². The summed E-state index contributed by atoms with van der Waals surface area (Å²) in [5, 5.41) is 3.10. The van der Waals surface area contributed by atoms with Crippen molar-refractivity contribution in [2.45, 2.75) is 0 Å². The molecule has 12 heavy (non-hydrogen) atoms. The predicted octanol–water partition coefficient (Wildman–Crippen LogP) is 1.61. The molecule has 0 amide bonds. The molecular weight excluding hydrogens is 150 g/mol. The molecule has 62 valence electrons. The minimum atomic E-state index is 1.04. The fraction of sp³-hybridized carbons (Fsp3) is 0.222. The molecule has 0 spiro atoms. The Bertz CT molecular complexity index is 403. The van der Waals surface area contributed by atoms with Crippen molar-refractivity contribution in [2.75, 3.05) is 12.4 Å². The molecule has 0 aliphatic rings. The molecule has 3 heteroatoms. The van der Waals surface area contributed by atoms with Gasteiger partial charge in [-0.25, -0.2) is 4.98 Å². The summed E-state index contributed by atoms with van der Waals surface area (Å²) in [6.45, 7) is 0. The summed E-state index contributed by atoms with van der Waals surface area (Å²) in [5.41, 5.74) is 3.31. The standard InChI is InChI=1S/C9H11N3/c1-10-7-3-4-8-9(5-7)12(2)6-11-8/h3-6,10H,1-2H3. The largest absolute Gasteiger partial charge is 0.388 e. The van der Waals surface area contributed by atoms with Crippen LogP contribution < -0.4 is 5.32 Å². The Morgan fingerprint density at radius 3 is 3.00 bits per heavy atom. The van der Waals surface area contributed by atoms with Gasteiger partial charge in [-0.2, -0.15) is 0 Å². The van der Waals surface area contributed by atoms with Gasteiger partial charge in [0, 0.05) is 19.8 Å². The molecular formula is C9H11N3. The number of nitrogens with one attached hydrogen (secondary N) is 1. The Kier molecular flexibility index (Phi) is 1.50. The summed E-state index contributed by atoms with van der Waals surface area (Å²) in [6.07, 6.45) is 1.82. The van der Waals surface area contributed by atoms with Gasteiger partial charge in [0.2, 0.25) is 0 Å². The van der Waals surface area contributed by atoms with Crippen LogP contribution in [0.4, 0.5) is 5.69 Å². The first kappa shape index (κ1) is 7.16. The lowest BCUT2D eigenvalue weighted by Gasteiger charge is -1.99. The Labute approximate surface area is 71.0 Å². The summed E-state index contributed by atoms with van der Waals surface area (Å²) in [4.78, 5) is 4.23. The molecule has 2 rings (SSSR count). The van der Waals surface area contributed by atoms with Crippen molar-refractivity contribution in [3.8, 4) is 0 Å². The SMILES string of the molecule is CNc1ccc2ncn(C)c2c1. The molecule has 1 aromatic carbocycles. The zero-order chi connectivity index (χ0) is 8.55. The van der Waals surface area contributed by atoms with Crippen LogP contribution in [0.2, 0.25) is 0 Å². The lowest BCUT2D eigenvalue weighted by atomic mass is 10.3. The van der Waals surface area contributed by atoms with Crippen LogP contribution in [-0.2, 0) is 7.05 Å². The summed E-state index contributed by atoms with van der Waals surface area (Å²) in [6, 6.07) is 6.12. The Morgan fingerprint density at radius 2 is 2.25 bits per heavy atom. The van der Waals surface area contributed by atoms with Gasteiger partial charge in [-0.3, -0.25) is 0 Å². The Hall–Kier alpha value is -1.51. The molecule has 0 fully saturated rings. The molecule has 0 saturated heterocycles. The number of fused-ring (bicyclic) bond motifs is 1. The summed E-state index contributed by atoms with van der Waals surface area (Å²) >= 11 is 0. The zero-order valence-corrected chi connectivity index (χ0v) is 7.20. The zero-order valence-electron chi connectivity index (χ0n) is 7.20. The summed E-state index contributed by atoms with van der Waals surface area (Å²) < 4.78 is 2.01. The van der Waals surface area contributed by atoms with E-state index < -0.39 is 0 Å². The van der Waals surface area contributed by atoms with Crippen molar-refractivity contribution in [3.05, 3.63) is 24.5 Å². The first-order valence-electron chi connectivity index (χ1n) is 3.90. The lowest BCUT2D eigenvalue weighted by Crippen LogP contribution is -1.89. The van der Waals surface area contributed by atoms with Crippen LogP contribution in [0.3, 0.4) is 0 Å². The molecule has 2 aromatic rings. The van der Waals surface area contributed by atoms with E-state index in [0.717, 1.165) is 16.7 Å². The molecule has 3 nitrogen and oxygen atoms in total. The summed E-state index contributed by atoms with van der Waals surface area (Å²) in [5.74, 6) is 0. The fourth-order valence-corrected chi connectivity index (χ4v) is 1.28. The van der Waals surface area contributed by atoms with E-state index >= 15 is 0 Å². The average Bonchev–Trinajstić information content (AvgIpc) is 2.47. The van der Waals surface area contributed by atoms with Gasteiger partial charge in [-0.1, -0.05) is 0 Å². The van der Waals surface area contributed by atoms with Crippen LogP contribution in [0.1, 0.15) is 0 Å². The topological polar surface area (TPSA) is 29.9 Å². The van der Waals surface area contributed by atoms with Gasteiger partial charge < -0.3 is 9.88 Å². The molecule has 1 N–H and O–H groups in total. The van der Waals surface area contributed by atoms with Gasteiger partial charge in [-0.05, 0) is 18.2 Å². The van der Waals surface area contributed by atoms with Gasteiger partial charge in [0.1, 0.15) is 0 Å². The van der Waals surface area contributed by atoms with Crippen LogP contribution in [0.25, 0.3) is 11.0 Å². The predicted molar refractivity (Wildman–Crippen MR) is 50.3 cm³/mol. The second kappa shape index (κ2) is 2.52. The van der Waals surface area contributed by atoms with Crippen molar-refractivity contribution in [2.24, 2.45) is 7.05 Å². The molecule has 1 heterocycles. The smallest absolute Gasteiger partial charge is 0.0955 e. The van der Waals surface area contributed by atoms with Gasteiger partial charge >= 0.3 is 0 Å². The third-order valence-corrected chi connectivity index (χ3v) is 2.01. The first-order chi connectivity index (χ1) is 5.81. The minimum absolute atomic E-state index is 1.04. The van der Waals surface area contributed by atoms with E-state index in [-0.39, 0.29) is 0 Å². The molecule has 0 saturated carbocycles. The molecule has 0 atom stereocenters. The number of imidazole rings is 1. The minimum Gasteiger partial charge on any atom is -0.388 e. The van der Waals surface area contributed by atoms with Crippen molar-refractivity contribution in [1.29, 1.82) is 0 Å². The first-order valence-corrected chi connectivity index (χ1v) is 3.90.